The zero-order chi connectivity index (χ0) is 17.8. The molecule has 1 fully saturated rings. The Morgan fingerprint density at radius 1 is 1.16 bits per heavy atom. The van der Waals surface area contributed by atoms with Crippen LogP contribution in [0, 0.1) is 11.6 Å². The number of hydrogen-bond donors (Lipinski definition) is 0. The molecule has 1 aliphatic rings. The smallest absolute Gasteiger partial charge is 0.227 e. The van der Waals surface area contributed by atoms with E-state index in [2.05, 4.69) is 0 Å². The molecule has 6 heteroatoms. The minimum atomic E-state index is -0.433. The number of benzene rings is 2. The number of hydrogen-bond acceptors (Lipinski definition) is 2. The molecule has 0 spiro atoms. The van der Waals surface area contributed by atoms with Gasteiger partial charge in [0.05, 0.1) is 6.42 Å². The highest BCUT2D eigenvalue weighted by Gasteiger charge is 2.24. The molecule has 0 aliphatic carbocycles. The van der Waals surface area contributed by atoms with Crippen molar-refractivity contribution < 1.29 is 13.6 Å². The van der Waals surface area contributed by atoms with E-state index in [1.807, 2.05) is 12.1 Å². The van der Waals surface area contributed by atoms with Crippen LogP contribution in [0.5, 0.6) is 0 Å². The molecular weight excluding hydrogens is 364 g/mol. The van der Waals surface area contributed by atoms with Crippen molar-refractivity contribution in [1.82, 2.24) is 4.90 Å². The third kappa shape index (κ3) is 4.73. The van der Waals surface area contributed by atoms with Crippen LogP contribution in [0.15, 0.2) is 42.5 Å². The molecule has 0 radical (unpaired) electrons. The van der Waals surface area contributed by atoms with E-state index >= 15 is 0 Å². The maximum Gasteiger partial charge on any atom is 0.227 e. The van der Waals surface area contributed by atoms with E-state index in [1.54, 1.807) is 28.8 Å². The lowest BCUT2D eigenvalue weighted by atomic mass is 10.1. The van der Waals surface area contributed by atoms with E-state index in [0.717, 1.165) is 11.6 Å². The second-order valence-electron chi connectivity index (χ2n) is 6.00. The van der Waals surface area contributed by atoms with Gasteiger partial charge in [0.1, 0.15) is 11.6 Å². The molecule has 0 aromatic heterocycles. The van der Waals surface area contributed by atoms with Gasteiger partial charge in [-0.15, -0.1) is 0 Å². The molecule has 1 amide bonds. The number of rotatable bonds is 3. The molecule has 132 valence electrons. The number of nitrogens with zero attached hydrogens (tertiary/aromatic N) is 1. The largest absolute Gasteiger partial charge is 0.342 e. The van der Waals surface area contributed by atoms with Gasteiger partial charge in [-0.3, -0.25) is 4.79 Å². The van der Waals surface area contributed by atoms with Crippen molar-refractivity contribution in [2.75, 3.05) is 18.8 Å². The summed E-state index contributed by atoms with van der Waals surface area (Å²) in [5.74, 6) is -0.0764. The average Bonchev–Trinajstić information content (AvgIpc) is 2.85. The summed E-state index contributed by atoms with van der Waals surface area (Å²) < 4.78 is 27.4. The normalized spacial score (nSPS) is 18.0. The van der Waals surface area contributed by atoms with E-state index in [1.165, 1.54) is 12.1 Å². The van der Waals surface area contributed by atoms with Gasteiger partial charge in [-0.1, -0.05) is 23.7 Å². The van der Waals surface area contributed by atoms with Gasteiger partial charge >= 0.3 is 0 Å². The highest BCUT2D eigenvalue weighted by Crippen LogP contribution is 2.36. The van der Waals surface area contributed by atoms with Crippen molar-refractivity contribution in [3.8, 4) is 0 Å². The first kappa shape index (κ1) is 18.2. The predicted molar refractivity (Wildman–Crippen MR) is 97.9 cm³/mol. The van der Waals surface area contributed by atoms with E-state index in [9.17, 15) is 13.6 Å². The standard InChI is InChI=1S/C19H18ClF2NOS/c20-14-3-1-13(2-4-14)11-19(24)23-8-7-18(25-10-9-23)16-12-15(21)5-6-17(16)22/h1-6,12,18H,7-11H2. The Hall–Kier alpha value is -1.59. The van der Waals surface area contributed by atoms with E-state index in [4.69, 9.17) is 11.6 Å². The lowest BCUT2D eigenvalue weighted by Gasteiger charge is -2.20. The molecule has 0 bridgehead atoms. The Bertz CT molecular complexity index is 754. The van der Waals surface area contributed by atoms with Gasteiger partial charge in [-0.25, -0.2) is 8.78 Å². The molecule has 1 unspecified atom stereocenters. The second-order valence-corrected chi connectivity index (χ2v) is 7.75. The summed E-state index contributed by atoms with van der Waals surface area (Å²) in [6.07, 6.45) is 0.929. The van der Waals surface area contributed by atoms with Crippen molar-refractivity contribution in [1.29, 1.82) is 0 Å². The molecule has 2 aromatic rings. The van der Waals surface area contributed by atoms with Gasteiger partial charge < -0.3 is 4.90 Å². The van der Waals surface area contributed by atoms with Crippen LogP contribution >= 0.6 is 23.4 Å². The third-order valence-electron chi connectivity index (χ3n) is 4.27. The van der Waals surface area contributed by atoms with Crippen LogP contribution in [-0.2, 0) is 11.2 Å². The molecule has 0 saturated carbocycles. The second kappa shape index (κ2) is 8.19. The van der Waals surface area contributed by atoms with Crippen molar-refractivity contribution in [3.05, 3.63) is 70.2 Å². The fourth-order valence-electron chi connectivity index (χ4n) is 2.92. The molecule has 2 aromatic carbocycles. The van der Waals surface area contributed by atoms with Gasteiger partial charge in [0, 0.05) is 34.7 Å². The first-order valence-corrected chi connectivity index (χ1v) is 9.54. The average molecular weight is 382 g/mol. The fourth-order valence-corrected chi connectivity index (χ4v) is 4.29. The number of halogens is 3. The maximum absolute atomic E-state index is 14.0. The Balaban J connectivity index is 1.63. The third-order valence-corrected chi connectivity index (χ3v) is 5.83. The monoisotopic (exact) mass is 381 g/mol. The fraction of sp³-hybridized carbons (Fsp3) is 0.316. The molecule has 1 heterocycles. The number of carbonyl (C=O) groups is 1. The lowest BCUT2D eigenvalue weighted by molar-refractivity contribution is -0.130. The maximum atomic E-state index is 14.0. The van der Waals surface area contributed by atoms with Crippen LogP contribution in [0.1, 0.15) is 22.8 Å². The first-order chi connectivity index (χ1) is 12.0. The summed E-state index contributed by atoms with van der Waals surface area (Å²) in [5.41, 5.74) is 1.30. The predicted octanol–water partition coefficient (Wildman–Crippen LogP) is 4.87. The molecule has 0 N–H and O–H groups in total. The Labute approximate surface area is 155 Å². The Morgan fingerprint density at radius 2 is 1.92 bits per heavy atom. The molecule has 3 rings (SSSR count). The quantitative estimate of drug-likeness (QED) is 0.756. The lowest BCUT2D eigenvalue weighted by Crippen LogP contribution is -2.34. The van der Waals surface area contributed by atoms with Crippen LogP contribution in [0.2, 0.25) is 5.02 Å². The molecular formula is C19H18ClF2NOS. The van der Waals surface area contributed by atoms with E-state index < -0.39 is 5.82 Å². The van der Waals surface area contributed by atoms with Gasteiger partial charge in [0.2, 0.25) is 5.91 Å². The van der Waals surface area contributed by atoms with Gasteiger partial charge in [0.25, 0.3) is 0 Å². The van der Waals surface area contributed by atoms with Crippen LogP contribution in [0.25, 0.3) is 0 Å². The Kier molecular flexibility index (Phi) is 5.97. The Morgan fingerprint density at radius 3 is 2.68 bits per heavy atom. The molecule has 1 saturated heterocycles. The molecule has 25 heavy (non-hydrogen) atoms. The summed E-state index contributed by atoms with van der Waals surface area (Å²) in [4.78, 5) is 14.3. The van der Waals surface area contributed by atoms with E-state index in [0.29, 0.717) is 42.3 Å². The van der Waals surface area contributed by atoms with Crippen LogP contribution in [0.4, 0.5) is 8.78 Å². The summed E-state index contributed by atoms with van der Waals surface area (Å²) in [6.45, 7) is 1.16. The SMILES string of the molecule is O=C(Cc1ccc(Cl)cc1)N1CCSC(c2cc(F)ccc2F)CC1. The van der Waals surface area contributed by atoms with Gasteiger partial charge in [-0.2, -0.15) is 11.8 Å². The summed E-state index contributed by atoms with van der Waals surface area (Å²) in [7, 11) is 0. The van der Waals surface area contributed by atoms with Gasteiger partial charge in [0.15, 0.2) is 0 Å². The van der Waals surface area contributed by atoms with E-state index in [-0.39, 0.29) is 17.0 Å². The molecule has 1 aliphatic heterocycles. The zero-order valence-electron chi connectivity index (χ0n) is 13.6. The van der Waals surface area contributed by atoms with Crippen molar-refractivity contribution >= 4 is 29.3 Å². The minimum absolute atomic E-state index is 0.0447. The summed E-state index contributed by atoms with van der Waals surface area (Å²) >= 11 is 7.43. The van der Waals surface area contributed by atoms with Crippen LogP contribution in [0.3, 0.4) is 0 Å². The topological polar surface area (TPSA) is 20.3 Å². The number of amides is 1. The van der Waals surface area contributed by atoms with Crippen molar-refractivity contribution in [2.24, 2.45) is 0 Å². The number of carbonyl (C=O) groups excluding carboxylic acids is 1. The summed E-state index contributed by atoms with van der Waals surface area (Å²) in [6, 6.07) is 10.8. The zero-order valence-corrected chi connectivity index (χ0v) is 15.1. The van der Waals surface area contributed by atoms with Gasteiger partial charge in [-0.05, 0) is 42.3 Å². The molecule has 1 atom stereocenters. The van der Waals surface area contributed by atoms with Crippen molar-refractivity contribution in [3.63, 3.8) is 0 Å². The van der Waals surface area contributed by atoms with Crippen LogP contribution < -0.4 is 0 Å². The minimum Gasteiger partial charge on any atom is -0.342 e. The van der Waals surface area contributed by atoms with Crippen LogP contribution in [-0.4, -0.2) is 29.6 Å². The summed E-state index contributed by atoms with van der Waals surface area (Å²) in [5, 5.41) is 0.506. The highest BCUT2D eigenvalue weighted by atomic mass is 35.5. The number of thioether (sulfide) groups is 1. The highest BCUT2D eigenvalue weighted by molar-refractivity contribution is 7.99. The van der Waals surface area contributed by atoms with Crippen molar-refractivity contribution in [2.45, 2.75) is 18.1 Å². The first-order valence-electron chi connectivity index (χ1n) is 8.11. The molecule has 2 nitrogen and oxygen atoms in total.